The highest BCUT2D eigenvalue weighted by Crippen LogP contribution is 2.27. The number of thiophene rings is 1. The zero-order valence-electron chi connectivity index (χ0n) is 10.6. The fraction of sp³-hybridized carbons (Fsp3) is 0.643. The lowest BCUT2D eigenvalue weighted by Gasteiger charge is -2.20. The third-order valence-corrected chi connectivity index (χ3v) is 5.57. The molecule has 0 bridgehead atoms. The maximum atomic E-state index is 11.8. The van der Waals surface area contributed by atoms with E-state index in [1.165, 1.54) is 37.0 Å². The summed E-state index contributed by atoms with van der Waals surface area (Å²) < 4.78 is 1.10. The van der Waals surface area contributed by atoms with Crippen LogP contribution in [0.5, 0.6) is 0 Å². The van der Waals surface area contributed by atoms with Gasteiger partial charge in [-0.05, 0) is 39.7 Å². The van der Waals surface area contributed by atoms with Gasteiger partial charge >= 0.3 is 0 Å². The van der Waals surface area contributed by atoms with Crippen LogP contribution in [0.2, 0.25) is 0 Å². The lowest BCUT2D eigenvalue weighted by atomic mass is 9.86. The predicted molar refractivity (Wildman–Crippen MR) is 79.7 cm³/mol. The molecule has 0 radical (unpaired) electrons. The van der Waals surface area contributed by atoms with Gasteiger partial charge in [-0.3, -0.25) is 4.79 Å². The molecule has 0 atom stereocenters. The highest BCUT2D eigenvalue weighted by molar-refractivity contribution is 9.10. The van der Waals surface area contributed by atoms with Gasteiger partial charge in [-0.25, -0.2) is 0 Å². The molecule has 1 aliphatic rings. The lowest BCUT2D eigenvalue weighted by molar-refractivity contribution is -0.121. The molecule has 2 nitrogen and oxygen atoms in total. The summed E-state index contributed by atoms with van der Waals surface area (Å²) in [4.78, 5) is 13.0. The second kappa shape index (κ2) is 7.29. The molecule has 1 aromatic heterocycles. The average Bonchev–Trinajstić information content (AvgIpc) is 2.81. The molecule has 4 heteroatoms. The van der Waals surface area contributed by atoms with Crippen molar-refractivity contribution < 1.29 is 4.79 Å². The van der Waals surface area contributed by atoms with E-state index >= 15 is 0 Å². The van der Waals surface area contributed by atoms with Crippen LogP contribution >= 0.6 is 27.3 Å². The van der Waals surface area contributed by atoms with Crippen LogP contribution in [-0.4, -0.2) is 5.91 Å². The summed E-state index contributed by atoms with van der Waals surface area (Å²) in [5.41, 5.74) is 0. The maximum absolute atomic E-state index is 11.8. The quantitative estimate of drug-likeness (QED) is 0.847. The van der Waals surface area contributed by atoms with Crippen molar-refractivity contribution in [3.63, 3.8) is 0 Å². The maximum Gasteiger partial charge on any atom is 0.220 e. The Balaban J connectivity index is 1.64. The fourth-order valence-corrected chi connectivity index (χ4v) is 3.96. The molecule has 1 N–H and O–H groups in total. The average molecular weight is 330 g/mol. The van der Waals surface area contributed by atoms with Crippen LogP contribution in [0.4, 0.5) is 0 Å². The van der Waals surface area contributed by atoms with Gasteiger partial charge in [0.15, 0.2) is 0 Å². The summed E-state index contributed by atoms with van der Waals surface area (Å²) in [7, 11) is 0. The van der Waals surface area contributed by atoms with Gasteiger partial charge in [0.25, 0.3) is 0 Å². The van der Waals surface area contributed by atoms with Crippen LogP contribution in [0, 0.1) is 5.92 Å². The zero-order valence-corrected chi connectivity index (χ0v) is 13.0. The summed E-state index contributed by atoms with van der Waals surface area (Å²) >= 11 is 5.15. The number of carbonyl (C=O) groups excluding carboxylic acids is 1. The number of hydrogen-bond acceptors (Lipinski definition) is 2. The van der Waals surface area contributed by atoms with Crippen LogP contribution in [-0.2, 0) is 11.3 Å². The number of amides is 1. The second-order valence-electron chi connectivity index (χ2n) is 5.01. The van der Waals surface area contributed by atoms with Gasteiger partial charge in [0.05, 0.1) is 6.54 Å². The molecular weight excluding hydrogens is 310 g/mol. The molecule has 1 fully saturated rings. The van der Waals surface area contributed by atoms with E-state index in [1.807, 2.05) is 11.4 Å². The number of hydrogen-bond donors (Lipinski definition) is 1. The predicted octanol–water partition coefficient (Wildman–Crippen LogP) is 4.49. The number of nitrogens with one attached hydrogen (secondary N) is 1. The first-order valence-corrected chi connectivity index (χ1v) is 8.41. The van der Waals surface area contributed by atoms with Crippen molar-refractivity contribution in [1.82, 2.24) is 5.32 Å². The summed E-state index contributed by atoms with van der Waals surface area (Å²) in [6, 6.07) is 2.02. The largest absolute Gasteiger partial charge is 0.351 e. The Labute approximate surface area is 121 Å². The van der Waals surface area contributed by atoms with Gasteiger partial charge in [0, 0.05) is 15.8 Å². The third kappa shape index (κ3) is 4.39. The highest BCUT2D eigenvalue weighted by atomic mass is 79.9. The van der Waals surface area contributed by atoms with Gasteiger partial charge in [-0.1, -0.05) is 32.1 Å². The highest BCUT2D eigenvalue weighted by Gasteiger charge is 2.14. The molecule has 0 unspecified atom stereocenters. The second-order valence-corrected chi connectivity index (χ2v) is 6.87. The SMILES string of the molecule is O=C(CCC1CCCCC1)NCc1sccc1Br. The molecule has 1 amide bonds. The van der Waals surface area contributed by atoms with Crippen molar-refractivity contribution in [3.05, 3.63) is 20.8 Å². The Hall–Kier alpha value is -0.350. The van der Waals surface area contributed by atoms with Crippen molar-refractivity contribution >= 4 is 33.2 Å². The van der Waals surface area contributed by atoms with Gasteiger partial charge in [-0.15, -0.1) is 11.3 Å². The standard InChI is InChI=1S/C14H20BrNOS/c15-12-8-9-18-13(12)10-16-14(17)7-6-11-4-2-1-3-5-11/h8-9,11H,1-7,10H2,(H,16,17). The summed E-state index contributed by atoms with van der Waals surface area (Å²) in [6.45, 7) is 0.655. The van der Waals surface area contributed by atoms with Crippen LogP contribution < -0.4 is 5.32 Å². The van der Waals surface area contributed by atoms with E-state index in [-0.39, 0.29) is 5.91 Å². The molecule has 0 aromatic carbocycles. The van der Waals surface area contributed by atoms with Crippen molar-refractivity contribution in [2.24, 2.45) is 5.92 Å². The van der Waals surface area contributed by atoms with Gasteiger partial charge in [-0.2, -0.15) is 0 Å². The monoisotopic (exact) mass is 329 g/mol. The summed E-state index contributed by atoms with van der Waals surface area (Å²) in [5, 5.41) is 5.04. The van der Waals surface area contributed by atoms with Gasteiger partial charge < -0.3 is 5.32 Å². The first kappa shape index (κ1) is 14.1. The number of rotatable bonds is 5. The minimum Gasteiger partial charge on any atom is -0.351 e. The molecule has 100 valence electrons. The Bertz CT molecular complexity index is 385. The fourth-order valence-electron chi connectivity index (χ4n) is 2.53. The zero-order chi connectivity index (χ0) is 12.8. The van der Waals surface area contributed by atoms with E-state index in [0.717, 1.165) is 16.8 Å². The van der Waals surface area contributed by atoms with Crippen LogP contribution in [0.15, 0.2) is 15.9 Å². The first-order chi connectivity index (χ1) is 8.75. The Morgan fingerprint density at radius 1 is 1.39 bits per heavy atom. The molecule has 0 spiro atoms. The van der Waals surface area contributed by atoms with E-state index < -0.39 is 0 Å². The van der Waals surface area contributed by atoms with E-state index in [1.54, 1.807) is 11.3 Å². The number of halogens is 1. The molecular formula is C14H20BrNOS. The van der Waals surface area contributed by atoms with Crippen molar-refractivity contribution in [3.8, 4) is 0 Å². The van der Waals surface area contributed by atoms with E-state index in [9.17, 15) is 4.79 Å². The summed E-state index contributed by atoms with van der Waals surface area (Å²) in [5.74, 6) is 0.985. The topological polar surface area (TPSA) is 29.1 Å². The Morgan fingerprint density at radius 3 is 2.83 bits per heavy atom. The summed E-state index contributed by atoms with van der Waals surface area (Å²) in [6.07, 6.45) is 8.50. The minimum absolute atomic E-state index is 0.195. The number of carbonyl (C=O) groups is 1. The van der Waals surface area contributed by atoms with Crippen LogP contribution in [0.3, 0.4) is 0 Å². The molecule has 1 aliphatic carbocycles. The molecule has 1 saturated carbocycles. The normalized spacial score (nSPS) is 16.7. The van der Waals surface area contributed by atoms with Crippen molar-refractivity contribution in [2.75, 3.05) is 0 Å². The van der Waals surface area contributed by atoms with E-state index in [2.05, 4.69) is 21.2 Å². The molecule has 18 heavy (non-hydrogen) atoms. The van der Waals surface area contributed by atoms with Crippen LogP contribution in [0.1, 0.15) is 49.8 Å². The first-order valence-electron chi connectivity index (χ1n) is 6.74. The third-order valence-electron chi connectivity index (χ3n) is 3.64. The molecule has 0 aliphatic heterocycles. The Morgan fingerprint density at radius 2 is 2.17 bits per heavy atom. The van der Waals surface area contributed by atoms with Gasteiger partial charge in [0.2, 0.25) is 5.91 Å². The van der Waals surface area contributed by atoms with Crippen molar-refractivity contribution in [1.29, 1.82) is 0 Å². The Kier molecular flexibility index (Phi) is 5.70. The molecule has 1 aromatic rings. The van der Waals surface area contributed by atoms with Crippen LogP contribution in [0.25, 0.3) is 0 Å². The van der Waals surface area contributed by atoms with Crippen molar-refractivity contribution in [2.45, 2.75) is 51.5 Å². The lowest BCUT2D eigenvalue weighted by Crippen LogP contribution is -2.23. The molecule has 0 saturated heterocycles. The molecule has 2 rings (SSSR count). The van der Waals surface area contributed by atoms with E-state index in [4.69, 9.17) is 0 Å². The van der Waals surface area contributed by atoms with Gasteiger partial charge in [0.1, 0.15) is 0 Å². The van der Waals surface area contributed by atoms with E-state index in [0.29, 0.717) is 13.0 Å². The smallest absolute Gasteiger partial charge is 0.220 e. The molecule has 1 heterocycles. The minimum atomic E-state index is 0.195.